The number of benzene rings is 2. The van der Waals surface area contributed by atoms with Crippen LogP contribution in [0.2, 0.25) is 0 Å². The molecule has 0 radical (unpaired) electrons. The van der Waals surface area contributed by atoms with Gasteiger partial charge in [-0.1, -0.05) is 37.3 Å². The summed E-state index contributed by atoms with van der Waals surface area (Å²) in [6.07, 6.45) is 5.68. The summed E-state index contributed by atoms with van der Waals surface area (Å²) in [4.78, 5) is 0. The molecule has 0 amide bonds. The second kappa shape index (κ2) is 9.51. The van der Waals surface area contributed by atoms with E-state index in [-0.39, 0.29) is 18.8 Å². The maximum atomic E-state index is 10.3. The lowest BCUT2D eigenvalue weighted by atomic mass is 9.91. The van der Waals surface area contributed by atoms with Gasteiger partial charge in [0.1, 0.15) is 5.75 Å². The molecule has 0 spiro atoms. The lowest BCUT2D eigenvalue weighted by Gasteiger charge is -2.34. The van der Waals surface area contributed by atoms with Crippen LogP contribution in [0.15, 0.2) is 36.4 Å². The van der Waals surface area contributed by atoms with Crippen molar-refractivity contribution in [3.8, 4) is 5.75 Å². The molecule has 0 aromatic heterocycles. The van der Waals surface area contributed by atoms with Crippen LogP contribution >= 0.6 is 0 Å². The molecule has 0 bridgehead atoms. The quantitative estimate of drug-likeness (QED) is 0.697. The summed E-state index contributed by atoms with van der Waals surface area (Å²) in [5.74, 6) is 0.932. The Hall–Kier alpha value is -1.88. The van der Waals surface area contributed by atoms with Crippen molar-refractivity contribution in [2.24, 2.45) is 0 Å². The van der Waals surface area contributed by atoms with E-state index in [4.69, 9.17) is 9.47 Å². The van der Waals surface area contributed by atoms with Crippen LogP contribution in [0.4, 0.5) is 0 Å². The Morgan fingerprint density at radius 1 is 1.07 bits per heavy atom. The van der Waals surface area contributed by atoms with Crippen LogP contribution in [0.3, 0.4) is 0 Å². The van der Waals surface area contributed by atoms with E-state index in [1.165, 1.54) is 28.7 Å². The average Bonchev–Trinajstić information content (AvgIpc) is 2.73. The smallest absolute Gasteiger partial charge is 0.123 e. The van der Waals surface area contributed by atoms with Crippen LogP contribution in [-0.2, 0) is 17.6 Å². The van der Waals surface area contributed by atoms with Crippen molar-refractivity contribution in [2.75, 3.05) is 6.61 Å². The zero-order valence-electron chi connectivity index (χ0n) is 18.1. The standard InChI is InChI=1S/C26H34O4/c1-3-18-7-9-19(10-8-18)11-20-12-21(26-15-22(28)14-24(16-27)30-26)13-25(17(20)2)29-23-5-4-6-23/h7-10,12-13,22-24,26-28H,3-6,11,14-16H2,1-2H3. The zero-order chi connectivity index (χ0) is 21.1. The molecule has 4 heteroatoms. The fourth-order valence-electron chi connectivity index (χ4n) is 4.36. The van der Waals surface area contributed by atoms with Crippen LogP contribution in [0.5, 0.6) is 5.75 Å². The molecule has 3 unspecified atom stereocenters. The van der Waals surface area contributed by atoms with E-state index in [9.17, 15) is 10.2 Å². The number of rotatable bonds is 7. The Morgan fingerprint density at radius 3 is 2.43 bits per heavy atom. The van der Waals surface area contributed by atoms with Gasteiger partial charge in [0.2, 0.25) is 0 Å². The second-order valence-electron chi connectivity index (χ2n) is 8.88. The third-order valence-electron chi connectivity index (χ3n) is 6.61. The third-order valence-corrected chi connectivity index (χ3v) is 6.61. The first-order chi connectivity index (χ1) is 14.6. The highest BCUT2D eigenvalue weighted by Gasteiger charge is 2.30. The minimum Gasteiger partial charge on any atom is -0.490 e. The lowest BCUT2D eigenvalue weighted by Crippen LogP contribution is -2.33. The van der Waals surface area contributed by atoms with Gasteiger partial charge in [-0.25, -0.2) is 0 Å². The van der Waals surface area contributed by atoms with Gasteiger partial charge in [0.15, 0.2) is 0 Å². The van der Waals surface area contributed by atoms with E-state index in [0.717, 1.165) is 37.0 Å². The molecule has 1 saturated carbocycles. The Bertz CT molecular complexity index is 841. The normalized spacial score (nSPS) is 24.5. The summed E-state index contributed by atoms with van der Waals surface area (Å²) in [7, 11) is 0. The molecular weight excluding hydrogens is 376 g/mol. The molecule has 1 heterocycles. The fourth-order valence-corrected chi connectivity index (χ4v) is 4.36. The SMILES string of the molecule is CCc1ccc(Cc2cc(C3CC(O)CC(CO)O3)cc(OC3CCC3)c2C)cc1. The number of hydrogen-bond donors (Lipinski definition) is 2. The fraction of sp³-hybridized carbons (Fsp3) is 0.538. The number of ether oxygens (including phenoxy) is 2. The largest absolute Gasteiger partial charge is 0.490 e. The van der Waals surface area contributed by atoms with Gasteiger partial charge in [0.05, 0.1) is 31.0 Å². The summed E-state index contributed by atoms with van der Waals surface area (Å²) >= 11 is 0. The molecule has 4 rings (SSSR count). The molecule has 2 aromatic rings. The maximum Gasteiger partial charge on any atom is 0.123 e. The van der Waals surface area contributed by atoms with Gasteiger partial charge in [-0.05, 0) is 72.9 Å². The van der Waals surface area contributed by atoms with Crippen molar-refractivity contribution < 1.29 is 19.7 Å². The van der Waals surface area contributed by atoms with Crippen LogP contribution in [0, 0.1) is 6.92 Å². The first-order valence-electron chi connectivity index (χ1n) is 11.4. The molecule has 2 fully saturated rings. The molecule has 1 saturated heterocycles. The van der Waals surface area contributed by atoms with Gasteiger partial charge in [-0.3, -0.25) is 0 Å². The van der Waals surface area contributed by atoms with Gasteiger partial charge in [0, 0.05) is 12.8 Å². The van der Waals surface area contributed by atoms with Gasteiger partial charge in [-0.2, -0.15) is 0 Å². The van der Waals surface area contributed by atoms with Crippen molar-refractivity contribution >= 4 is 0 Å². The van der Waals surface area contributed by atoms with Crippen LogP contribution in [-0.4, -0.2) is 35.1 Å². The van der Waals surface area contributed by atoms with Crippen molar-refractivity contribution in [3.05, 3.63) is 64.2 Å². The van der Waals surface area contributed by atoms with E-state index in [0.29, 0.717) is 18.9 Å². The summed E-state index contributed by atoms with van der Waals surface area (Å²) in [6, 6.07) is 13.1. The molecule has 2 aromatic carbocycles. The first kappa shape index (κ1) is 21.4. The Morgan fingerprint density at radius 2 is 1.80 bits per heavy atom. The minimum atomic E-state index is -0.455. The van der Waals surface area contributed by atoms with Crippen molar-refractivity contribution in [1.82, 2.24) is 0 Å². The predicted molar refractivity (Wildman–Crippen MR) is 118 cm³/mol. The van der Waals surface area contributed by atoms with Gasteiger partial charge in [0.25, 0.3) is 0 Å². The second-order valence-corrected chi connectivity index (χ2v) is 8.88. The summed E-state index contributed by atoms with van der Waals surface area (Å²) < 4.78 is 12.4. The number of hydrogen-bond acceptors (Lipinski definition) is 4. The minimum absolute atomic E-state index is 0.0680. The van der Waals surface area contributed by atoms with Gasteiger partial charge < -0.3 is 19.7 Å². The third kappa shape index (κ3) is 4.88. The highest BCUT2D eigenvalue weighted by molar-refractivity contribution is 5.46. The van der Waals surface area contributed by atoms with Crippen LogP contribution in [0.1, 0.15) is 72.9 Å². The molecule has 162 valence electrons. The maximum absolute atomic E-state index is 10.3. The zero-order valence-corrected chi connectivity index (χ0v) is 18.1. The molecule has 30 heavy (non-hydrogen) atoms. The molecule has 1 aliphatic carbocycles. The number of aryl methyl sites for hydroxylation is 1. The van der Waals surface area contributed by atoms with Gasteiger partial charge in [-0.15, -0.1) is 0 Å². The number of aliphatic hydroxyl groups is 2. The monoisotopic (exact) mass is 410 g/mol. The van der Waals surface area contributed by atoms with E-state index in [1.54, 1.807) is 0 Å². The molecule has 1 aliphatic heterocycles. The molecule has 2 N–H and O–H groups in total. The van der Waals surface area contributed by atoms with Crippen LogP contribution < -0.4 is 4.74 Å². The Balaban J connectivity index is 1.64. The molecular formula is C26H34O4. The molecule has 4 nitrogen and oxygen atoms in total. The average molecular weight is 411 g/mol. The molecule has 2 aliphatic rings. The molecule has 3 atom stereocenters. The van der Waals surface area contributed by atoms with E-state index < -0.39 is 6.10 Å². The van der Waals surface area contributed by atoms with E-state index in [1.807, 2.05) is 0 Å². The van der Waals surface area contributed by atoms with E-state index in [2.05, 4.69) is 50.2 Å². The summed E-state index contributed by atoms with van der Waals surface area (Å²) in [6.45, 7) is 4.24. The summed E-state index contributed by atoms with van der Waals surface area (Å²) in [5.41, 5.74) is 6.07. The number of aliphatic hydroxyl groups excluding tert-OH is 2. The Kier molecular flexibility index (Phi) is 6.77. The van der Waals surface area contributed by atoms with Crippen LogP contribution in [0.25, 0.3) is 0 Å². The van der Waals surface area contributed by atoms with E-state index >= 15 is 0 Å². The van der Waals surface area contributed by atoms with Crippen molar-refractivity contribution in [2.45, 2.75) is 83.2 Å². The highest BCUT2D eigenvalue weighted by Crippen LogP contribution is 2.37. The topological polar surface area (TPSA) is 58.9 Å². The predicted octanol–water partition coefficient (Wildman–Crippen LogP) is 4.65. The van der Waals surface area contributed by atoms with Gasteiger partial charge >= 0.3 is 0 Å². The summed E-state index contributed by atoms with van der Waals surface area (Å²) in [5, 5.41) is 19.9. The van der Waals surface area contributed by atoms with Crippen molar-refractivity contribution in [3.63, 3.8) is 0 Å². The Labute approximate surface area is 179 Å². The lowest BCUT2D eigenvalue weighted by molar-refractivity contribution is -0.113. The first-order valence-corrected chi connectivity index (χ1v) is 11.4. The van der Waals surface area contributed by atoms with Crippen molar-refractivity contribution in [1.29, 1.82) is 0 Å². The highest BCUT2D eigenvalue weighted by atomic mass is 16.5.